The minimum atomic E-state index is -4.93. The Labute approximate surface area is 311 Å². The van der Waals surface area contributed by atoms with Gasteiger partial charge in [-0.05, 0) is 66.9 Å². The molecule has 1 heterocycles. The topological polar surface area (TPSA) is 132 Å². The Bertz CT molecular complexity index is 2410. The maximum absolute atomic E-state index is 15.9. The summed E-state index contributed by atoms with van der Waals surface area (Å²) in [6, 6.07) is 13.4. The molecule has 0 radical (unpaired) electrons. The van der Waals surface area contributed by atoms with E-state index in [-0.39, 0.29) is 34.5 Å². The number of unbranched alkanes of at least 4 members (excludes halogenated alkanes) is 2. The van der Waals surface area contributed by atoms with E-state index in [0.717, 1.165) is 41.3 Å². The van der Waals surface area contributed by atoms with Crippen LogP contribution in [0.1, 0.15) is 77.2 Å². The van der Waals surface area contributed by atoms with E-state index in [0.29, 0.717) is 48.7 Å². The van der Waals surface area contributed by atoms with Gasteiger partial charge in [0.15, 0.2) is 0 Å². The Kier molecular flexibility index (Phi) is 12.3. The fourth-order valence-electron chi connectivity index (χ4n) is 5.70. The van der Waals surface area contributed by atoms with Crippen molar-refractivity contribution >= 4 is 21.8 Å². The summed E-state index contributed by atoms with van der Waals surface area (Å²) in [4.78, 5) is 38.7. The molecule has 0 aliphatic carbocycles. The fraction of sp³-hybridized carbons (Fsp3) is 0.263. The lowest BCUT2D eigenvalue weighted by atomic mass is 10.0. The van der Waals surface area contributed by atoms with Gasteiger partial charge in [0.05, 0.1) is 28.3 Å². The molecule has 4 aromatic carbocycles. The van der Waals surface area contributed by atoms with E-state index in [9.17, 15) is 44.8 Å². The molecule has 5 aromatic rings. The number of halogens is 6. The number of hydrogen-bond donors (Lipinski definition) is 2. The van der Waals surface area contributed by atoms with E-state index in [1.54, 1.807) is 4.72 Å². The molecule has 0 spiro atoms. The molecule has 55 heavy (non-hydrogen) atoms. The minimum absolute atomic E-state index is 0.0182. The van der Waals surface area contributed by atoms with Crippen LogP contribution in [0.15, 0.2) is 88.6 Å². The maximum atomic E-state index is 15.9. The molecule has 0 bridgehead atoms. The largest absolute Gasteiger partial charge is 0.418 e. The maximum Gasteiger partial charge on any atom is 0.418 e. The van der Waals surface area contributed by atoms with Gasteiger partial charge in [0, 0.05) is 29.7 Å². The molecule has 2 N–H and O–H groups in total. The average molecular weight is 788 g/mol. The molecule has 0 saturated carbocycles. The van der Waals surface area contributed by atoms with Gasteiger partial charge in [0.2, 0.25) is 0 Å². The second kappa shape index (κ2) is 16.8. The summed E-state index contributed by atoms with van der Waals surface area (Å²) in [6.07, 6.45) is -2.25. The van der Waals surface area contributed by atoms with E-state index < -0.39 is 79.4 Å². The first kappa shape index (κ1) is 40.5. The summed E-state index contributed by atoms with van der Waals surface area (Å²) in [5, 5.41) is 6.85. The molecule has 290 valence electrons. The zero-order valence-corrected chi connectivity index (χ0v) is 30.3. The highest BCUT2D eigenvalue weighted by molar-refractivity contribution is 7.90. The first-order valence-corrected chi connectivity index (χ1v) is 18.6. The molecule has 10 nitrogen and oxygen atoms in total. The Morgan fingerprint density at radius 1 is 0.836 bits per heavy atom. The van der Waals surface area contributed by atoms with Gasteiger partial charge in [-0.15, -0.1) is 5.10 Å². The van der Waals surface area contributed by atoms with Gasteiger partial charge in [0.1, 0.15) is 23.3 Å². The molecule has 1 aromatic heterocycles. The third kappa shape index (κ3) is 9.16. The van der Waals surface area contributed by atoms with Crippen molar-refractivity contribution in [2.75, 3.05) is 6.54 Å². The van der Waals surface area contributed by atoms with Crippen LogP contribution in [0.4, 0.5) is 26.3 Å². The first-order chi connectivity index (χ1) is 26.0. The van der Waals surface area contributed by atoms with Crippen LogP contribution in [0.2, 0.25) is 0 Å². The van der Waals surface area contributed by atoms with Crippen LogP contribution in [-0.2, 0) is 29.2 Å². The number of rotatable bonds is 14. The summed E-state index contributed by atoms with van der Waals surface area (Å²) in [5.74, 6) is -5.08. The number of aromatic nitrogens is 3. The van der Waals surface area contributed by atoms with E-state index >= 15 is 4.39 Å². The van der Waals surface area contributed by atoms with Crippen LogP contribution < -0.4 is 15.7 Å². The number of nitrogens with one attached hydrogen (secondary N) is 2. The Morgan fingerprint density at radius 2 is 1.56 bits per heavy atom. The van der Waals surface area contributed by atoms with Crippen molar-refractivity contribution in [2.45, 2.75) is 63.6 Å². The number of alkyl halides is 3. The van der Waals surface area contributed by atoms with E-state index in [4.69, 9.17) is 0 Å². The van der Waals surface area contributed by atoms with Gasteiger partial charge in [0.25, 0.3) is 21.8 Å². The number of carbonyl (C=O) groups is 2. The Hall–Kier alpha value is -5.71. The van der Waals surface area contributed by atoms with Crippen LogP contribution in [0, 0.1) is 17.5 Å². The van der Waals surface area contributed by atoms with E-state index in [2.05, 4.69) is 10.4 Å². The first-order valence-electron chi connectivity index (χ1n) is 17.1. The number of hydrogen-bond acceptors (Lipinski definition) is 6. The van der Waals surface area contributed by atoms with Gasteiger partial charge < -0.3 is 5.32 Å². The third-order valence-corrected chi connectivity index (χ3v) is 9.96. The lowest BCUT2D eigenvalue weighted by Crippen LogP contribution is -2.31. The highest BCUT2D eigenvalue weighted by Gasteiger charge is 2.36. The number of amides is 2. The highest BCUT2D eigenvalue weighted by Crippen LogP contribution is 2.34. The molecule has 0 fully saturated rings. The third-order valence-electron chi connectivity index (χ3n) is 8.57. The van der Waals surface area contributed by atoms with Crippen molar-refractivity contribution in [1.82, 2.24) is 24.4 Å². The zero-order chi connectivity index (χ0) is 40.1. The van der Waals surface area contributed by atoms with Gasteiger partial charge in [-0.2, -0.15) is 17.9 Å². The van der Waals surface area contributed by atoms with Gasteiger partial charge >= 0.3 is 11.9 Å². The standard InChI is InChI=1S/C38H35F6N5O5S/c1-3-5-11-34-46-49(32-20-24(35(50)45-18-6-4-2)14-16-29(32)38(42,43)44)37(52)48(34)22-25-13-12-23(19-31(25)41)27-9-7-8-10-33(27)55(53,54)47-36(51)28-21-26(39)15-17-30(28)40/h7-10,12-17,19-21H,3-6,11,18,22H2,1-2H3,(H,45,50)(H,47,51). The summed E-state index contributed by atoms with van der Waals surface area (Å²) >= 11 is 0. The van der Waals surface area contributed by atoms with Crippen molar-refractivity contribution in [3.63, 3.8) is 0 Å². The normalized spacial score (nSPS) is 11.8. The second-order valence-electron chi connectivity index (χ2n) is 12.5. The smallest absolute Gasteiger partial charge is 0.352 e. The molecule has 5 rings (SSSR count). The predicted molar refractivity (Wildman–Crippen MR) is 191 cm³/mol. The zero-order valence-electron chi connectivity index (χ0n) is 29.5. The lowest BCUT2D eigenvalue weighted by Gasteiger charge is -2.14. The molecule has 0 aliphatic rings. The molecule has 2 amide bonds. The van der Waals surface area contributed by atoms with Crippen LogP contribution >= 0.6 is 0 Å². The molecule has 0 saturated heterocycles. The molecular weight excluding hydrogens is 753 g/mol. The minimum Gasteiger partial charge on any atom is -0.352 e. The summed E-state index contributed by atoms with van der Waals surface area (Å²) in [7, 11) is -4.73. The van der Waals surface area contributed by atoms with Crippen LogP contribution in [0.3, 0.4) is 0 Å². The molecule has 17 heteroatoms. The predicted octanol–water partition coefficient (Wildman–Crippen LogP) is 7.18. The summed E-state index contributed by atoms with van der Waals surface area (Å²) in [6.45, 7) is 3.57. The molecule has 0 aliphatic heterocycles. The van der Waals surface area contributed by atoms with Gasteiger partial charge in [-0.25, -0.2) is 31.1 Å². The Balaban J connectivity index is 1.51. The van der Waals surface area contributed by atoms with Crippen molar-refractivity contribution in [1.29, 1.82) is 0 Å². The number of benzene rings is 4. The van der Waals surface area contributed by atoms with Crippen molar-refractivity contribution < 1.29 is 44.3 Å². The second-order valence-corrected chi connectivity index (χ2v) is 14.2. The van der Waals surface area contributed by atoms with Crippen molar-refractivity contribution in [3.05, 3.63) is 135 Å². The van der Waals surface area contributed by atoms with E-state index in [1.165, 1.54) is 30.3 Å². The number of aryl methyl sites for hydroxylation is 1. The van der Waals surface area contributed by atoms with Crippen molar-refractivity contribution in [2.24, 2.45) is 0 Å². The summed E-state index contributed by atoms with van der Waals surface area (Å²) < 4.78 is 116. The highest BCUT2D eigenvalue weighted by atomic mass is 32.2. The SMILES string of the molecule is CCCCNC(=O)c1ccc(C(F)(F)F)c(-n2nc(CCCC)n(Cc3ccc(-c4ccccc4S(=O)(=O)NC(=O)c4cc(F)ccc4F)cc3F)c2=O)c1. The number of nitrogens with zero attached hydrogens (tertiary/aromatic N) is 3. The molecule has 0 unspecified atom stereocenters. The fourth-order valence-corrected chi connectivity index (χ4v) is 6.89. The average Bonchev–Trinajstić information content (AvgIpc) is 3.45. The van der Waals surface area contributed by atoms with Gasteiger partial charge in [-0.3, -0.25) is 14.2 Å². The lowest BCUT2D eigenvalue weighted by molar-refractivity contribution is -0.137. The number of sulfonamides is 1. The monoisotopic (exact) mass is 787 g/mol. The quantitative estimate of drug-likeness (QED) is 0.0906. The van der Waals surface area contributed by atoms with Crippen LogP contribution in [0.25, 0.3) is 16.8 Å². The molecular formula is C38H35F6N5O5S. The van der Waals surface area contributed by atoms with Crippen LogP contribution in [-0.4, -0.2) is 41.1 Å². The Morgan fingerprint density at radius 3 is 2.25 bits per heavy atom. The summed E-state index contributed by atoms with van der Waals surface area (Å²) in [5.41, 5.74) is -4.05. The van der Waals surface area contributed by atoms with Gasteiger partial charge in [-0.1, -0.05) is 57.0 Å². The number of carbonyl (C=O) groups excluding carboxylic acids is 2. The van der Waals surface area contributed by atoms with E-state index in [1.807, 2.05) is 13.8 Å². The van der Waals surface area contributed by atoms with Crippen molar-refractivity contribution in [3.8, 4) is 16.8 Å². The molecule has 0 atom stereocenters. The van der Waals surface area contributed by atoms with Crippen LogP contribution in [0.5, 0.6) is 0 Å².